The Morgan fingerprint density at radius 2 is 1.18 bits per heavy atom. The molecule has 0 bridgehead atoms. The average Bonchev–Trinajstić information content (AvgIpc) is 3.19. The van der Waals surface area contributed by atoms with E-state index in [9.17, 15) is 84.2 Å². The Kier molecular flexibility index (Phi) is 18.4. The van der Waals surface area contributed by atoms with E-state index in [-0.39, 0.29) is 23.5 Å². The van der Waals surface area contributed by atoms with E-state index < -0.39 is 134 Å². The molecule has 1 N–H and O–H groups in total. The molecule has 0 aliphatic heterocycles. The molecular formula is C40H44F19NO6Si. The van der Waals surface area contributed by atoms with Gasteiger partial charge in [-0.3, -0.25) is 5.32 Å². The van der Waals surface area contributed by atoms with Crippen LogP contribution in [-0.4, -0.2) is 87.8 Å². The highest BCUT2D eigenvalue weighted by Gasteiger charge is 2.95. The second-order valence-electron chi connectivity index (χ2n) is 15.7. The summed E-state index contributed by atoms with van der Waals surface area (Å²) in [4.78, 5) is 25.1. The summed E-state index contributed by atoms with van der Waals surface area (Å²) in [6.45, 7) is 8.60. The van der Waals surface area contributed by atoms with E-state index in [2.05, 4.69) is 5.32 Å². The van der Waals surface area contributed by atoms with Crippen molar-refractivity contribution >= 4 is 26.1 Å². The molecule has 0 heterocycles. The number of hydrogen-bond donors (Lipinski definition) is 1. The molecule has 0 saturated carbocycles. The van der Waals surface area contributed by atoms with Crippen LogP contribution < -0.4 is 10.1 Å². The first-order chi connectivity index (χ1) is 30.2. The summed E-state index contributed by atoms with van der Waals surface area (Å²) in [5, 5.41) is 2.12. The summed E-state index contributed by atoms with van der Waals surface area (Å²) in [6.07, 6.45) is -11.5. The van der Waals surface area contributed by atoms with Gasteiger partial charge in [-0.2, -0.15) is 74.6 Å². The van der Waals surface area contributed by atoms with Crippen molar-refractivity contribution in [3.05, 3.63) is 71.3 Å². The van der Waals surface area contributed by atoms with Crippen LogP contribution in [0.4, 0.5) is 93.9 Å². The minimum atomic E-state index is -8.72. The van der Waals surface area contributed by atoms with E-state index in [1.54, 1.807) is 6.92 Å². The second-order valence-corrected chi connectivity index (χ2v) is 20.7. The van der Waals surface area contributed by atoms with Gasteiger partial charge in [0.1, 0.15) is 30.1 Å². The van der Waals surface area contributed by atoms with Gasteiger partial charge >= 0.3 is 59.7 Å². The predicted molar refractivity (Wildman–Crippen MR) is 203 cm³/mol. The number of nitrogens with one attached hydrogen (secondary N) is 1. The molecule has 2 rings (SSSR count). The predicted octanol–water partition coefficient (Wildman–Crippen LogP) is 14.0. The molecule has 0 radical (unpaired) electrons. The smallest absolute Gasteiger partial charge is 0.460 e. The highest BCUT2D eigenvalue weighted by atomic mass is 28.4. The standard InChI is InChI=1S/C40H44F19NO6Si/c1-8-63-31(61)24(7)19-23(6)30(66-32(62)60-29-14-11-26(41)20-28(29)42)25-9-12-27(13-10-25)64-16-17-65-67(21(2)3,22(4)5)18-15-33(43,44)34(45,46)35(47,48)36(49,50)37(51,52)38(53,54)39(55,56)40(57,58)59/h9-14,19-23,30H,8,15-18H2,1-7H3,(H,60,62)/b24-19+/t23-,30-/m0/s1. The Hall–Kier alpha value is -4.43. The van der Waals surface area contributed by atoms with Crippen molar-refractivity contribution in [3.63, 3.8) is 0 Å². The molecule has 2 aromatic rings. The van der Waals surface area contributed by atoms with Crippen LogP contribution in [0.25, 0.3) is 0 Å². The van der Waals surface area contributed by atoms with Crippen LogP contribution in [0.2, 0.25) is 17.1 Å². The Labute approximate surface area is 371 Å². The van der Waals surface area contributed by atoms with Crippen LogP contribution >= 0.6 is 0 Å². The largest absolute Gasteiger partial charge is 0.491 e. The zero-order valence-electron chi connectivity index (χ0n) is 36.1. The third-order valence-corrected chi connectivity index (χ3v) is 16.2. The van der Waals surface area contributed by atoms with Gasteiger partial charge in [0, 0.05) is 24.0 Å². The maximum atomic E-state index is 15.0. The van der Waals surface area contributed by atoms with Crippen LogP contribution in [0, 0.1) is 17.6 Å². The Balaban J connectivity index is 2.34. The van der Waals surface area contributed by atoms with E-state index in [1.807, 2.05) is 0 Å². The van der Waals surface area contributed by atoms with Crippen LogP contribution in [0.1, 0.15) is 66.6 Å². The lowest BCUT2D eigenvalue weighted by molar-refractivity contribution is -0.461. The summed E-state index contributed by atoms with van der Waals surface area (Å²) < 4.78 is 285. The minimum Gasteiger partial charge on any atom is -0.491 e. The summed E-state index contributed by atoms with van der Waals surface area (Å²) in [5.41, 5.74) is -1.96. The number of ether oxygens (including phenoxy) is 3. The molecule has 2 aromatic carbocycles. The van der Waals surface area contributed by atoms with Gasteiger partial charge in [-0.05, 0) is 60.8 Å². The molecule has 0 aromatic heterocycles. The highest BCUT2D eigenvalue weighted by molar-refractivity contribution is 6.76. The molecule has 27 heteroatoms. The fraction of sp³-hybridized carbons (Fsp3) is 0.600. The van der Waals surface area contributed by atoms with Crippen LogP contribution in [-0.2, 0) is 18.7 Å². The number of alkyl halides is 17. The maximum Gasteiger partial charge on any atom is 0.460 e. The van der Waals surface area contributed by atoms with Crippen molar-refractivity contribution in [2.45, 2.75) is 126 Å². The zero-order chi connectivity index (χ0) is 52.2. The van der Waals surface area contributed by atoms with Crippen molar-refractivity contribution in [3.8, 4) is 5.75 Å². The van der Waals surface area contributed by atoms with E-state index in [4.69, 9.17) is 18.6 Å². The highest BCUT2D eigenvalue weighted by Crippen LogP contribution is 2.64. The van der Waals surface area contributed by atoms with E-state index in [1.165, 1.54) is 71.9 Å². The average molecular weight is 1020 g/mol. The molecule has 0 aliphatic carbocycles. The topological polar surface area (TPSA) is 83.1 Å². The summed E-state index contributed by atoms with van der Waals surface area (Å²) in [6, 6.07) is 6.23. The van der Waals surface area contributed by atoms with Crippen LogP contribution in [0.5, 0.6) is 5.75 Å². The number of benzene rings is 2. The third kappa shape index (κ3) is 11.9. The van der Waals surface area contributed by atoms with Gasteiger partial charge in [0.25, 0.3) is 0 Å². The van der Waals surface area contributed by atoms with Crippen LogP contribution in [0.15, 0.2) is 54.1 Å². The van der Waals surface area contributed by atoms with Gasteiger partial charge in [0.15, 0.2) is 8.32 Å². The molecule has 0 saturated heterocycles. The van der Waals surface area contributed by atoms with Gasteiger partial charge in [0.2, 0.25) is 0 Å². The lowest BCUT2D eigenvalue weighted by Crippen LogP contribution is -2.74. The monoisotopic (exact) mass is 1020 g/mol. The molecule has 0 fully saturated rings. The van der Waals surface area contributed by atoms with E-state index in [0.717, 1.165) is 12.1 Å². The third-order valence-electron chi connectivity index (χ3n) is 10.5. The van der Waals surface area contributed by atoms with Crippen molar-refractivity contribution in [1.82, 2.24) is 0 Å². The van der Waals surface area contributed by atoms with Gasteiger partial charge in [-0.1, -0.05) is 52.8 Å². The quantitative estimate of drug-likeness (QED) is 0.0393. The van der Waals surface area contributed by atoms with Gasteiger partial charge in [-0.15, -0.1) is 0 Å². The molecule has 382 valence electrons. The van der Waals surface area contributed by atoms with Gasteiger partial charge < -0.3 is 18.6 Å². The molecule has 7 nitrogen and oxygen atoms in total. The first kappa shape index (κ1) is 58.7. The fourth-order valence-corrected chi connectivity index (χ4v) is 11.1. The van der Waals surface area contributed by atoms with Crippen LogP contribution in [0.3, 0.4) is 0 Å². The Morgan fingerprint density at radius 1 is 0.687 bits per heavy atom. The fourth-order valence-electron chi connectivity index (χ4n) is 6.62. The molecule has 0 unspecified atom stereocenters. The lowest BCUT2D eigenvalue weighted by Gasteiger charge is -2.44. The zero-order valence-corrected chi connectivity index (χ0v) is 37.1. The number of halogens is 19. The second kappa shape index (κ2) is 21.1. The van der Waals surface area contributed by atoms with Crippen molar-refractivity contribution in [2.75, 3.05) is 25.1 Å². The summed E-state index contributed by atoms with van der Waals surface area (Å²) >= 11 is 0. The van der Waals surface area contributed by atoms with E-state index in [0.29, 0.717) is 6.07 Å². The number of amides is 1. The number of carbonyl (C=O) groups excluding carboxylic acids is 2. The maximum absolute atomic E-state index is 15.0. The van der Waals surface area contributed by atoms with Crippen molar-refractivity contribution < 1.29 is 112 Å². The molecule has 0 aliphatic rings. The van der Waals surface area contributed by atoms with Gasteiger partial charge in [0.05, 0.1) is 18.9 Å². The molecule has 2 atom stereocenters. The SMILES string of the molecule is CCOC(=O)/C(C)=C/[C@H](C)[C@H](OC(=O)Nc1ccc(F)cc1F)c1ccc(OCCO[Si](CCC(F)(F)C(F)(F)C(F)(F)C(F)(F)C(F)(F)C(F)(F)C(F)(F)C(F)(F)F)(C(C)C)C(C)C)cc1. The molecule has 0 spiro atoms. The first-order valence-corrected chi connectivity index (χ1v) is 21.9. The number of esters is 1. The number of anilines is 1. The van der Waals surface area contributed by atoms with Gasteiger partial charge in [-0.25, -0.2) is 18.4 Å². The Morgan fingerprint density at radius 3 is 1.64 bits per heavy atom. The number of hydrogen-bond acceptors (Lipinski definition) is 6. The molecule has 1 amide bonds. The molecule has 67 heavy (non-hydrogen) atoms. The van der Waals surface area contributed by atoms with E-state index >= 15 is 8.78 Å². The number of carbonyl (C=O) groups is 2. The molecular weight excluding hydrogens is 979 g/mol. The first-order valence-electron chi connectivity index (χ1n) is 19.6. The summed E-state index contributed by atoms with van der Waals surface area (Å²) in [7, 11) is -4.06. The van der Waals surface area contributed by atoms with Crippen molar-refractivity contribution in [2.24, 2.45) is 5.92 Å². The Bertz CT molecular complexity index is 2020. The number of rotatable bonds is 23. The lowest BCUT2D eigenvalue weighted by atomic mass is 9.88. The minimum absolute atomic E-state index is 0.0286. The summed E-state index contributed by atoms with van der Waals surface area (Å²) in [5.74, 6) is -60.6. The normalized spacial score (nSPS) is 15.1. The van der Waals surface area contributed by atoms with Crippen molar-refractivity contribution in [1.29, 1.82) is 0 Å².